The summed E-state index contributed by atoms with van der Waals surface area (Å²) in [6.07, 6.45) is 6.25. The second-order valence-corrected chi connectivity index (χ2v) is 8.20. The molecule has 0 unspecified atom stereocenters. The largest absolute Gasteiger partial charge is 0.368 e. The first-order valence-electron chi connectivity index (χ1n) is 10.0. The molecule has 4 rings (SSSR count). The third-order valence-electron chi connectivity index (χ3n) is 5.06. The highest BCUT2D eigenvalue weighted by atomic mass is 32.2. The summed E-state index contributed by atoms with van der Waals surface area (Å²) in [7, 11) is 0. The van der Waals surface area contributed by atoms with E-state index in [2.05, 4.69) is 50.1 Å². The van der Waals surface area contributed by atoms with Gasteiger partial charge in [0.15, 0.2) is 28.0 Å². The summed E-state index contributed by atoms with van der Waals surface area (Å²) in [6.45, 7) is 5.21. The third kappa shape index (κ3) is 3.94. The Morgan fingerprint density at radius 1 is 1.18 bits per heavy atom. The van der Waals surface area contributed by atoms with Crippen molar-refractivity contribution in [1.29, 1.82) is 0 Å². The molecule has 0 saturated heterocycles. The van der Waals surface area contributed by atoms with Gasteiger partial charge in [-0.05, 0) is 42.5 Å². The number of unbranched alkanes of at least 4 members (excludes halogenated alkanes) is 1. The molecule has 0 bridgehead atoms. The molecule has 1 aliphatic carbocycles. The van der Waals surface area contributed by atoms with Crippen LogP contribution in [0.4, 0.5) is 5.82 Å². The summed E-state index contributed by atoms with van der Waals surface area (Å²) >= 11 is 1.68. The first-order chi connectivity index (χ1) is 13.8. The number of hydrogen-bond donors (Lipinski definition) is 2. The fourth-order valence-electron chi connectivity index (χ4n) is 3.59. The normalized spacial score (nSPS) is 19.5. The molecule has 1 fully saturated rings. The fourth-order valence-corrected chi connectivity index (χ4v) is 4.28. The molecule has 0 aromatic carbocycles. The van der Waals surface area contributed by atoms with E-state index >= 15 is 0 Å². The summed E-state index contributed by atoms with van der Waals surface area (Å²) in [5, 5.41) is 27.5. The Labute approximate surface area is 167 Å². The molecule has 2 N–H and O–H groups in total. The van der Waals surface area contributed by atoms with Crippen molar-refractivity contribution in [2.75, 3.05) is 17.6 Å². The Kier molecular flexibility index (Phi) is 5.98. The van der Waals surface area contributed by atoms with Crippen molar-refractivity contribution >= 4 is 28.7 Å². The number of nitrogens with zero attached hydrogens (tertiary/aromatic N) is 8. The van der Waals surface area contributed by atoms with Crippen LogP contribution in [-0.2, 0) is 0 Å². The van der Waals surface area contributed by atoms with Crippen molar-refractivity contribution in [1.82, 2.24) is 45.6 Å². The van der Waals surface area contributed by atoms with Crippen LogP contribution in [0, 0.1) is 0 Å². The first kappa shape index (κ1) is 19.0. The van der Waals surface area contributed by atoms with Gasteiger partial charge < -0.3 is 5.32 Å². The molecule has 10 nitrogen and oxygen atoms in total. The van der Waals surface area contributed by atoms with E-state index in [0.717, 1.165) is 78.8 Å². The van der Waals surface area contributed by atoms with Crippen LogP contribution >= 0.6 is 11.8 Å². The lowest BCUT2D eigenvalue weighted by Crippen LogP contribution is -2.10. The molecule has 3 heterocycles. The van der Waals surface area contributed by atoms with Gasteiger partial charge in [-0.15, -0.1) is 10.2 Å². The van der Waals surface area contributed by atoms with Gasteiger partial charge >= 0.3 is 0 Å². The van der Waals surface area contributed by atoms with Crippen molar-refractivity contribution in [2.24, 2.45) is 0 Å². The first-order valence-corrected chi connectivity index (χ1v) is 11.0. The molecule has 28 heavy (non-hydrogen) atoms. The molecule has 1 saturated carbocycles. The number of aromatic nitrogens is 9. The van der Waals surface area contributed by atoms with Crippen LogP contribution < -0.4 is 5.32 Å². The summed E-state index contributed by atoms with van der Waals surface area (Å²) < 4.78 is 1.97. The van der Waals surface area contributed by atoms with Crippen molar-refractivity contribution in [3.63, 3.8) is 0 Å². The zero-order chi connectivity index (χ0) is 19.3. The lowest BCUT2D eigenvalue weighted by Gasteiger charge is -2.12. The topological polar surface area (TPSA) is 123 Å². The van der Waals surface area contributed by atoms with Gasteiger partial charge in [0, 0.05) is 18.2 Å². The maximum Gasteiger partial charge on any atom is 0.191 e. The number of thioether (sulfide) groups is 1. The van der Waals surface area contributed by atoms with Gasteiger partial charge in [-0.3, -0.25) is 0 Å². The predicted octanol–water partition coefficient (Wildman–Crippen LogP) is 2.96. The second-order valence-electron chi connectivity index (χ2n) is 7.14. The molecule has 0 amide bonds. The monoisotopic (exact) mass is 402 g/mol. The molecule has 150 valence electrons. The lowest BCUT2D eigenvalue weighted by atomic mass is 10.1. The average molecular weight is 403 g/mol. The number of aromatic amines is 1. The quantitative estimate of drug-likeness (QED) is 0.316. The highest BCUT2D eigenvalue weighted by Gasteiger charge is 2.31. The lowest BCUT2D eigenvalue weighted by molar-refractivity contribution is 0.456. The Bertz CT molecular complexity index is 893. The van der Waals surface area contributed by atoms with E-state index in [9.17, 15) is 0 Å². The summed E-state index contributed by atoms with van der Waals surface area (Å²) in [6, 6.07) is 0.238. The molecular weight excluding hydrogens is 376 g/mol. The van der Waals surface area contributed by atoms with Gasteiger partial charge in [0.05, 0.1) is 6.04 Å². The number of H-pyrrole nitrogens is 1. The van der Waals surface area contributed by atoms with Gasteiger partial charge in [-0.1, -0.05) is 37.2 Å². The number of rotatable bonds is 9. The number of fused-ring (bicyclic) bond motifs is 1. The van der Waals surface area contributed by atoms with Gasteiger partial charge in [-0.2, -0.15) is 0 Å². The minimum Gasteiger partial charge on any atom is -0.368 e. The van der Waals surface area contributed by atoms with Crippen LogP contribution in [0.15, 0.2) is 5.16 Å². The van der Waals surface area contributed by atoms with Crippen LogP contribution in [0.3, 0.4) is 0 Å². The molecule has 0 spiro atoms. The summed E-state index contributed by atoms with van der Waals surface area (Å²) in [4.78, 5) is 9.49. The van der Waals surface area contributed by atoms with Gasteiger partial charge in [-0.25, -0.2) is 19.7 Å². The fraction of sp³-hybridized carbons (Fsp3) is 0.706. The van der Waals surface area contributed by atoms with Crippen LogP contribution in [0.1, 0.15) is 70.2 Å². The number of anilines is 1. The zero-order valence-corrected chi connectivity index (χ0v) is 17.1. The number of hydrogen-bond acceptors (Lipinski definition) is 9. The second kappa shape index (κ2) is 8.80. The molecule has 0 aliphatic heterocycles. The Hall–Kier alpha value is -2.30. The van der Waals surface area contributed by atoms with E-state index in [1.54, 1.807) is 11.8 Å². The summed E-state index contributed by atoms with van der Waals surface area (Å²) in [5.41, 5.74) is 1.57. The van der Waals surface area contributed by atoms with E-state index in [0.29, 0.717) is 5.92 Å². The molecule has 1 aliphatic rings. The van der Waals surface area contributed by atoms with Crippen LogP contribution in [0.5, 0.6) is 0 Å². The van der Waals surface area contributed by atoms with E-state index in [1.165, 1.54) is 0 Å². The highest BCUT2D eigenvalue weighted by molar-refractivity contribution is 7.99. The number of tetrazole rings is 1. The van der Waals surface area contributed by atoms with E-state index in [4.69, 9.17) is 9.97 Å². The van der Waals surface area contributed by atoms with E-state index < -0.39 is 0 Å². The molecular formula is C17H26N10S. The molecule has 3 aromatic rings. The van der Waals surface area contributed by atoms with Crippen LogP contribution in [0.25, 0.3) is 11.2 Å². The SMILES string of the molecule is CCCCNc1nc(SCCC)nc2c1nnn2[C@@H]1CC[C@@H](c2nnn[nH]2)C1. The van der Waals surface area contributed by atoms with Crippen molar-refractivity contribution < 1.29 is 0 Å². The minimum atomic E-state index is 0.238. The molecule has 3 aromatic heterocycles. The highest BCUT2D eigenvalue weighted by Crippen LogP contribution is 2.40. The van der Waals surface area contributed by atoms with E-state index in [-0.39, 0.29) is 6.04 Å². The molecule has 2 atom stereocenters. The maximum atomic E-state index is 4.80. The molecule has 11 heteroatoms. The van der Waals surface area contributed by atoms with Gasteiger partial charge in [0.1, 0.15) is 0 Å². The minimum absolute atomic E-state index is 0.238. The maximum absolute atomic E-state index is 4.80. The van der Waals surface area contributed by atoms with Gasteiger partial charge in [0.2, 0.25) is 0 Å². The van der Waals surface area contributed by atoms with Crippen molar-refractivity contribution in [2.45, 2.75) is 69.5 Å². The van der Waals surface area contributed by atoms with E-state index in [1.807, 2.05) is 4.68 Å². The average Bonchev–Trinajstić information content (AvgIpc) is 3.45. The Morgan fingerprint density at radius 3 is 2.89 bits per heavy atom. The number of nitrogens with one attached hydrogen (secondary N) is 2. The zero-order valence-electron chi connectivity index (χ0n) is 16.3. The Morgan fingerprint density at radius 2 is 2.11 bits per heavy atom. The Balaban J connectivity index is 1.62. The third-order valence-corrected chi connectivity index (χ3v) is 6.11. The predicted molar refractivity (Wildman–Crippen MR) is 107 cm³/mol. The van der Waals surface area contributed by atoms with Crippen molar-refractivity contribution in [3.05, 3.63) is 5.82 Å². The molecule has 0 radical (unpaired) electrons. The van der Waals surface area contributed by atoms with Crippen LogP contribution in [-0.4, -0.2) is 57.9 Å². The van der Waals surface area contributed by atoms with Crippen molar-refractivity contribution in [3.8, 4) is 0 Å². The summed E-state index contributed by atoms with van der Waals surface area (Å²) in [5.74, 6) is 2.95. The van der Waals surface area contributed by atoms with Gasteiger partial charge in [0.25, 0.3) is 0 Å². The standard InChI is InChI=1S/C17H26N10S/c1-3-5-8-18-15-13-16(20-17(19-15)28-9-4-2)27(26-21-13)12-7-6-11(10-12)14-22-24-25-23-14/h11-12H,3-10H2,1-2H3,(H,18,19,20)(H,22,23,24,25)/t11-,12-/m1/s1. The van der Waals surface area contributed by atoms with Crippen LogP contribution in [0.2, 0.25) is 0 Å². The smallest absolute Gasteiger partial charge is 0.191 e.